The molecule has 0 radical (unpaired) electrons. The van der Waals surface area contributed by atoms with Crippen molar-refractivity contribution >= 4 is 8.07 Å². The normalized spacial score (nSPS) is 12.1. The van der Waals surface area contributed by atoms with Crippen LogP contribution in [-0.4, -0.2) is 33.6 Å². The Morgan fingerprint density at radius 3 is 2.33 bits per heavy atom. The summed E-state index contributed by atoms with van der Waals surface area (Å²) < 4.78 is 0. The predicted molar refractivity (Wildman–Crippen MR) is 60.5 cm³/mol. The lowest BCUT2D eigenvalue weighted by molar-refractivity contribution is 0.407. The highest BCUT2D eigenvalue weighted by atomic mass is 28.3. The van der Waals surface area contributed by atoms with Crippen molar-refractivity contribution in [3.8, 4) is 0 Å². The summed E-state index contributed by atoms with van der Waals surface area (Å²) in [7, 11) is 3.37. The molecule has 0 bridgehead atoms. The van der Waals surface area contributed by atoms with Crippen molar-refractivity contribution in [2.45, 2.75) is 31.6 Å². The van der Waals surface area contributed by atoms with E-state index in [0.29, 0.717) is 0 Å². The molecule has 72 valence electrons. The zero-order chi connectivity index (χ0) is 9.61. The molecule has 0 atom stereocenters. The van der Waals surface area contributed by atoms with E-state index in [4.69, 9.17) is 0 Å². The summed E-state index contributed by atoms with van der Waals surface area (Å²) in [6, 6.07) is 2.69. The molecule has 0 spiro atoms. The molecule has 0 aromatic rings. The molecular weight excluding hydrogens is 162 g/mol. The minimum atomic E-state index is -0.915. The molecule has 12 heavy (non-hydrogen) atoms. The SMILES string of the molecule is C=CC[Si](C)(C)CCCN(C)C. The predicted octanol–water partition coefficient (Wildman–Crippen LogP) is 2.83. The van der Waals surface area contributed by atoms with Crippen molar-refractivity contribution < 1.29 is 0 Å². The topological polar surface area (TPSA) is 3.24 Å². The largest absolute Gasteiger partial charge is 0.309 e. The molecule has 0 aliphatic rings. The third-order valence-corrected chi connectivity index (χ3v) is 5.26. The van der Waals surface area contributed by atoms with Crippen LogP contribution in [0.3, 0.4) is 0 Å². The zero-order valence-electron chi connectivity index (χ0n) is 9.06. The number of allylic oxidation sites excluding steroid dienone is 1. The van der Waals surface area contributed by atoms with Gasteiger partial charge in [-0.25, -0.2) is 0 Å². The Kier molecular flexibility index (Phi) is 5.50. The fraction of sp³-hybridized carbons (Fsp3) is 0.800. The van der Waals surface area contributed by atoms with Crippen LogP contribution in [0.5, 0.6) is 0 Å². The van der Waals surface area contributed by atoms with Gasteiger partial charge >= 0.3 is 0 Å². The first-order chi connectivity index (χ1) is 5.48. The molecular formula is C10H23NSi. The van der Waals surface area contributed by atoms with Crippen LogP contribution in [0.2, 0.25) is 25.2 Å². The van der Waals surface area contributed by atoms with Crippen LogP contribution in [0.4, 0.5) is 0 Å². The van der Waals surface area contributed by atoms with Gasteiger partial charge in [0.25, 0.3) is 0 Å². The van der Waals surface area contributed by atoms with Crippen LogP contribution in [0, 0.1) is 0 Å². The monoisotopic (exact) mass is 185 g/mol. The van der Waals surface area contributed by atoms with Crippen LogP contribution in [-0.2, 0) is 0 Å². The molecule has 0 unspecified atom stereocenters. The van der Waals surface area contributed by atoms with E-state index in [2.05, 4.69) is 44.7 Å². The summed E-state index contributed by atoms with van der Waals surface area (Å²) >= 11 is 0. The molecule has 0 amide bonds. The summed E-state index contributed by atoms with van der Waals surface area (Å²) in [6.07, 6.45) is 3.43. The standard InChI is InChI=1S/C10H23NSi/c1-6-9-12(4,5)10-7-8-11(2)3/h6H,1,7-10H2,2-5H3. The second-order valence-electron chi connectivity index (χ2n) is 4.56. The van der Waals surface area contributed by atoms with Crippen molar-refractivity contribution in [2.24, 2.45) is 0 Å². The Labute approximate surface area is 78.5 Å². The lowest BCUT2D eigenvalue weighted by Crippen LogP contribution is -2.25. The molecule has 0 aromatic carbocycles. The molecule has 0 aromatic heterocycles. The number of hydrogen-bond donors (Lipinski definition) is 0. The van der Waals surface area contributed by atoms with Crippen molar-refractivity contribution in [2.75, 3.05) is 20.6 Å². The number of rotatable bonds is 6. The Balaban J connectivity index is 3.53. The van der Waals surface area contributed by atoms with Crippen molar-refractivity contribution in [3.05, 3.63) is 12.7 Å². The highest BCUT2D eigenvalue weighted by Gasteiger charge is 2.17. The van der Waals surface area contributed by atoms with Gasteiger partial charge in [-0.2, -0.15) is 0 Å². The van der Waals surface area contributed by atoms with Gasteiger partial charge in [-0.05, 0) is 33.1 Å². The molecule has 0 heterocycles. The fourth-order valence-corrected chi connectivity index (χ4v) is 3.47. The minimum absolute atomic E-state index is 0.915. The van der Waals surface area contributed by atoms with Crippen LogP contribution in [0.15, 0.2) is 12.7 Å². The third kappa shape index (κ3) is 6.62. The Morgan fingerprint density at radius 2 is 1.92 bits per heavy atom. The molecule has 0 N–H and O–H groups in total. The lowest BCUT2D eigenvalue weighted by Gasteiger charge is -2.21. The summed E-state index contributed by atoms with van der Waals surface area (Å²) in [5.74, 6) is 0. The second kappa shape index (κ2) is 5.54. The summed E-state index contributed by atoms with van der Waals surface area (Å²) in [6.45, 7) is 9.94. The van der Waals surface area contributed by atoms with Gasteiger partial charge in [0.1, 0.15) is 0 Å². The molecule has 0 saturated carbocycles. The van der Waals surface area contributed by atoms with Gasteiger partial charge < -0.3 is 4.90 Å². The fourth-order valence-electron chi connectivity index (χ4n) is 1.37. The zero-order valence-corrected chi connectivity index (χ0v) is 10.1. The second-order valence-corrected chi connectivity index (χ2v) is 9.80. The van der Waals surface area contributed by atoms with E-state index < -0.39 is 8.07 Å². The van der Waals surface area contributed by atoms with Gasteiger partial charge in [-0.3, -0.25) is 0 Å². The number of hydrogen-bond acceptors (Lipinski definition) is 1. The summed E-state index contributed by atoms with van der Waals surface area (Å²) in [4.78, 5) is 2.26. The van der Waals surface area contributed by atoms with Crippen molar-refractivity contribution in [3.63, 3.8) is 0 Å². The maximum absolute atomic E-state index is 3.81. The quantitative estimate of drug-likeness (QED) is 0.454. The maximum Gasteiger partial charge on any atom is 0.0511 e. The Morgan fingerprint density at radius 1 is 1.33 bits per heavy atom. The van der Waals surface area contributed by atoms with E-state index in [1.807, 2.05) is 0 Å². The number of nitrogens with zero attached hydrogens (tertiary/aromatic N) is 1. The summed E-state index contributed by atoms with van der Waals surface area (Å²) in [5, 5.41) is 0. The smallest absolute Gasteiger partial charge is 0.0511 e. The summed E-state index contributed by atoms with van der Waals surface area (Å²) in [5.41, 5.74) is 0. The van der Waals surface area contributed by atoms with Crippen LogP contribution in [0.1, 0.15) is 6.42 Å². The maximum atomic E-state index is 3.81. The molecule has 0 fully saturated rings. The molecule has 0 rings (SSSR count). The van der Waals surface area contributed by atoms with Gasteiger partial charge in [0, 0.05) is 0 Å². The van der Waals surface area contributed by atoms with E-state index in [-0.39, 0.29) is 0 Å². The third-order valence-electron chi connectivity index (χ3n) is 2.16. The van der Waals surface area contributed by atoms with E-state index in [9.17, 15) is 0 Å². The highest BCUT2D eigenvalue weighted by molar-refractivity contribution is 6.77. The Hall–Kier alpha value is -0.0831. The molecule has 2 heteroatoms. The van der Waals surface area contributed by atoms with Gasteiger partial charge in [0.2, 0.25) is 0 Å². The highest BCUT2D eigenvalue weighted by Crippen LogP contribution is 2.17. The average molecular weight is 185 g/mol. The Bertz CT molecular complexity index is 130. The first-order valence-corrected chi connectivity index (χ1v) is 8.15. The lowest BCUT2D eigenvalue weighted by atomic mass is 10.5. The van der Waals surface area contributed by atoms with Crippen LogP contribution >= 0.6 is 0 Å². The first kappa shape index (κ1) is 11.9. The van der Waals surface area contributed by atoms with Gasteiger partial charge in [0.15, 0.2) is 0 Å². The van der Waals surface area contributed by atoms with E-state index >= 15 is 0 Å². The first-order valence-electron chi connectivity index (χ1n) is 4.73. The molecule has 0 aliphatic heterocycles. The average Bonchev–Trinajstić information content (AvgIpc) is 1.85. The minimum Gasteiger partial charge on any atom is -0.309 e. The van der Waals surface area contributed by atoms with E-state index in [1.54, 1.807) is 0 Å². The van der Waals surface area contributed by atoms with E-state index in [0.717, 1.165) is 0 Å². The molecule has 1 nitrogen and oxygen atoms in total. The van der Waals surface area contributed by atoms with E-state index in [1.165, 1.54) is 25.1 Å². The van der Waals surface area contributed by atoms with Crippen LogP contribution < -0.4 is 0 Å². The van der Waals surface area contributed by atoms with Crippen molar-refractivity contribution in [1.82, 2.24) is 4.90 Å². The van der Waals surface area contributed by atoms with Crippen LogP contribution in [0.25, 0.3) is 0 Å². The van der Waals surface area contributed by atoms with Crippen molar-refractivity contribution in [1.29, 1.82) is 0 Å². The molecule has 0 saturated heterocycles. The van der Waals surface area contributed by atoms with Gasteiger partial charge in [-0.15, -0.1) is 6.58 Å². The van der Waals surface area contributed by atoms with Gasteiger partial charge in [-0.1, -0.05) is 25.2 Å². The van der Waals surface area contributed by atoms with Gasteiger partial charge in [0.05, 0.1) is 8.07 Å². The molecule has 0 aliphatic carbocycles.